The molecule has 1 aliphatic heterocycles. The van der Waals surface area contributed by atoms with Gasteiger partial charge in [-0.25, -0.2) is 5.43 Å². The number of aliphatic hydroxyl groups excluding tert-OH is 4. The third kappa shape index (κ3) is 1.67. The molecule has 0 saturated carbocycles. The minimum absolute atomic E-state index is 0.205. The zero-order valence-electron chi connectivity index (χ0n) is 6.92. The van der Waals surface area contributed by atoms with Crippen molar-refractivity contribution in [2.75, 3.05) is 13.2 Å². The van der Waals surface area contributed by atoms with Crippen molar-refractivity contribution in [1.82, 2.24) is 5.43 Å². The average Bonchev–Trinajstić information content (AvgIpc) is 2.16. The summed E-state index contributed by atoms with van der Waals surface area (Å²) in [6, 6.07) is 0. The first-order chi connectivity index (χ1) is 6.07. The molecular weight excluding hydrogens is 180 g/mol. The molecule has 13 heavy (non-hydrogen) atoms. The lowest BCUT2D eigenvalue weighted by atomic mass is 9.95. The lowest BCUT2D eigenvalue weighted by Gasteiger charge is -2.43. The molecule has 0 aromatic rings. The minimum atomic E-state index is -1.60. The smallest absolute Gasteiger partial charge is 0.183 e. The Labute approximate surface area is 74.7 Å². The van der Waals surface area contributed by atoms with Crippen LogP contribution in [0.15, 0.2) is 0 Å². The van der Waals surface area contributed by atoms with E-state index >= 15 is 0 Å². The van der Waals surface area contributed by atoms with Crippen LogP contribution in [0.1, 0.15) is 0 Å². The summed E-state index contributed by atoms with van der Waals surface area (Å²) >= 11 is 0. The number of hydrogen-bond acceptors (Lipinski definition) is 7. The number of aliphatic hydroxyl groups is 4. The van der Waals surface area contributed by atoms with Crippen molar-refractivity contribution in [2.24, 2.45) is 5.84 Å². The maximum Gasteiger partial charge on any atom is 0.183 e. The summed E-state index contributed by atoms with van der Waals surface area (Å²) in [4.78, 5) is 0. The number of rotatable bonds is 2. The molecular formula is C6H14N2O5. The summed E-state index contributed by atoms with van der Waals surface area (Å²) in [7, 11) is 0. The Kier molecular flexibility index (Phi) is 3.19. The van der Waals surface area contributed by atoms with Crippen LogP contribution in [0.4, 0.5) is 0 Å². The van der Waals surface area contributed by atoms with Crippen molar-refractivity contribution in [1.29, 1.82) is 0 Å². The van der Waals surface area contributed by atoms with E-state index in [0.29, 0.717) is 0 Å². The number of hydrazine groups is 1. The molecule has 78 valence electrons. The van der Waals surface area contributed by atoms with Gasteiger partial charge in [0.1, 0.15) is 18.3 Å². The standard InChI is InChI=1S/C6H14N2O5/c7-8-6(2-9)5(12)4(11)3(10)1-13-6/h3-5,8-12H,1-2,7H2/t3-,4-,5-,6?/m1/s1. The highest BCUT2D eigenvalue weighted by molar-refractivity contribution is 4.95. The fourth-order valence-electron chi connectivity index (χ4n) is 1.22. The maximum atomic E-state index is 9.42. The van der Waals surface area contributed by atoms with E-state index in [4.69, 9.17) is 20.8 Å². The van der Waals surface area contributed by atoms with E-state index in [2.05, 4.69) is 5.43 Å². The fraction of sp³-hybridized carbons (Fsp3) is 1.00. The summed E-state index contributed by atoms with van der Waals surface area (Å²) in [5.74, 6) is 5.06. The molecule has 0 spiro atoms. The Morgan fingerprint density at radius 2 is 2.08 bits per heavy atom. The van der Waals surface area contributed by atoms with Crippen molar-refractivity contribution >= 4 is 0 Å². The van der Waals surface area contributed by atoms with Crippen LogP contribution in [0.25, 0.3) is 0 Å². The number of hydrogen-bond donors (Lipinski definition) is 6. The second-order valence-corrected chi connectivity index (χ2v) is 3.01. The van der Waals surface area contributed by atoms with Gasteiger partial charge in [-0.3, -0.25) is 5.84 Å². The quantitative estimate of drug-likeness (QED) is 0.197. The Hall–Kier alpha value is -0.280. The summed E-state index contributed by atoms with van der Waals surface area (Å²) in [5.41, 5.74) is 0.476. The third-order valence-electron chi connectivity index (χ3n) is 2.19. The van der Waals surface area contributed by atoms with Gasteiger partial charge in [0.25, 0.3) is 0 Å². The van der Waals surface area contributed by atoms with E-state index in [0.717, 1.165) is 0 Å². The van der Waals surface area contributed by atoms with Crippen molar-refractivity contribution in [3.05, 3.63) is 0 Å². The normalized spacial score (nSPS) is 46.4. The second-order valence-electron chi connectivity index (χ2n) is 3.01. The van der Waals surface area contributed by atoms with Gasteiger partial charge in [0.2, 0.25) is 0 Å². The monoisotopic (exact) mass is 194 g/mol. The molecule has 0 aromatic carbocycles. The first-order valence-electron chi connectivity index (χ1n) is 3.84. The van der Waals surface area contributed by atoms with Crippen LogP contribution in [-0.4, -0.2) is 57.7 Å². The van der Waals surface area contributed by atoms with Gasteiger partial charge in [-0.1, -0.05) is 0 Å². The van der Waals surface area contributed by atoms with Gasteiger partial charge in [-0.05, 0) is 0 Å². The average molecular weight is 194 g/mol. The zero-order valence-corrected chi connectivity index (χ0v) is 6.92. The molecule has 1 fully saturated rings. The molecule has 1 heterocycles. The fourth-order valence-corrected chi connectivity index (χ4v) is 1.22. The van der Waals surface area contributed by atoms with Crippen molar-refractivity contribution < 1.29 is 25.2 Å². The Balaban J connectivity index is 2.77. The highest BCUT2D eigenvalue weighted by Crippen LogP contribution is 2.22. The lowest BCUT2D eigenvalue weighted by Crippen LogP contribution is -2.70. The first-order valence-corrected chi connectivity index (χ1v) is 3.84. The molecule has 0 bridgehead atoms. The van der Waals surface area contributed by atoms with Crippen molar-refractivity contribution in [3.63, 3.8) is 0 Å². The van der Waals surface area contributed by atoms with Crippen LogP contribution in [0.5, 0.6) is 0 Å². The molecule has 1 rings (SSSR count). The van der Waals surface area contributed by atoms with Gasteiger partial charge < -0.3 is 25.2 Å². The molecule has 0 radical (unpaired) electrons. The van der Waals surface area contributed by atoms with Crippen LogP contribution < -0.4 is 11.3 Å². The molecule has 0 aromatic heterocycles. The Morgan fingerprint density at radius 3 is 2.54 bits per heavy atom. The SMILES string of the molecule is NNC1(CO)OC[C@@H](O)[C@@H](O)[C@H]1O. The first kappa shape index (κ1) is 10.8. The van der Waals surface area contributed by atoms with Crippen LogP contribution >= 0.6 is 0 Å². The largest absolute Gasteiger partial charge is 0.392 e. The highest BCUT2D eigenvalue weighted by Gasteiger charge is 2.48. The van der Waals surface area contributed by atoms with E-state index in [9.17, 15) is 10.2 Å². The Morgan fingerprint density at radius 1 is 1.46 bits per heavy atom. The van der Waals surface area contributed by atoms with E-state index in [1.54, 1.807) is 0 Å². The van der Waals surface area contributed by atoms with E-state index in [1.165, 1.54) is 0 Å². The molecule has 1 unspecified atom stereocenters. The summed E-state index contributed by atoms with van der Waals surface area (Å²) in [6.45, 7) is -0.808. The second kappa shape index (κ2) is 3.84. The molecule has 1 aliphatic rings. The van der Waals surface area contributed by atoms with Crippen LogP contribution in [0.2, 0.25) is 0 Å². The Bertz CT molecular complexity index is 174. The van der Waals surface area contributed by atoms with E-state index < -0.39 is 30.6 Å². The number of ether oxygens (including phenoxy) is 1. The minimum Gasteiger partial charge on any atom is -0.392 e. The molecule has 7 nitrogen and oxygen atoms in total. The molecule has 1 saturated heterocycles. The predicted octanol–water partition coefficient (Wildman–Crippen LogP) is -3.75. The van der Waals surface area contributed by atoms with Gasteiger partial charge >= 0.3 is 0 Å². The topological polar surface area (TPSA) is 128 Å². The highest BCUT2D eigenvalue weighted by atomic mass is 16.6. The van der Waals surface area contributed by atoms with Crippen LogP contribution in [-0.2, 0) is 4.74 Å². The lowest BCUT2D eigenvalue weighted by molar-refractivity contribution is -0.259. The molecule has 0 amide bonds. The van der Waals surface area contributed by atoms with Gasteiger partial charge in [0.05, 0.1) is 13.2 Å². The van der Waals surface area contributed by atoms with Crippen molar-refractivity contribution in [3.8, 4) is 0 Å². The third-order valence-corrected chi connectivity index (χ3v) is 2.19. The van der Waals surface area contributed by atoms with Crippen LogP contribution in [0.3, 0.4) is 0 Å². The van der Waals surface area contributed by atoms with Gasteiger partial charge in [0, 0.05) is 0 Å². The zero-order chi connectivity index (χ0) is 10.1. The van der Waals surface area contributed by atoms with Gasteiger partial charge in [0.15, 0.2) is 5.72 Å². The van der Waals surface area contributed by atoms with Crippen molar-refractivity contribution in [2.45, 2.75) is 24.0 Å². The number of nitrogens with one attached hydrogen (secondary N) is 1. The number of nitrogens with two attached hydrogens (primary N) is 1. The van der Waals surface area contributed by atoms with Crippen LogP contribution in [0, 0.1) is 0 Å². The van der Waals surface area contributed by atoms with Gasteiger partial charge in [-0.2, -0.15) is 0 Å². The molecule has 7 heteroatoms. The molecule has 4 atom stereocenters. The summed E-state index contributed by atoms with van der Waals surface area (Å²) in [5, 5.41) is 36.7. The molecule has 7 N–H and O–H groups in total. The molecule has 0 aliphatic carbocycles. The summed E-state index contributed by atoms with van der Waals surface area (Å²) in [6.07, 6.45) is -4.05. The summed E-state index contributed by atoms with van der Waals surface area (Å²) < 4.78 is 4.91. The van der Waals surface area contributed by atoms with Gasteiger partial charge in [-0.15, -0.1) is 0 Å². The van der Waals surface area contributed by atoms with E-state index in [1.807, 2.05) is 0 Å². The predicted molar refractivity (Wildman–Crippen MR) is 41.1 cm³/mol. The maximum absolute atomic E-state index is 9.42. The van der Waals surface area contributed by atoms with E-state index in [-0.39, 0.29) is 6.61 Å².